The summed E-state index contributed by atoms with van der Waals surface area (Å²) in [4.78, 5) is 27.3. The summed E-state index contributed by atoms with van der Waals surface area (Å²) in [7, 11) is 0. The molecule has 0 aliphatic carbocycles. The smallest absolute Gasteiger partial charge is 0.229 e. The normalized spacial score (nSPS) is 16.3. The number of hydrogen-bond acceptors (Lipinski definition) is 3. The van der Waals surface area contributed by atoms with Crippen molar-refractivity contribution in [1.82, 2.24) is 0 Å². The van der Waals surface area contributed by atoms with Gasteiger partial charge in [0.1, 0.15) is 5.75 Å². The highest BCUT2D eigenvalue weighted by molar-refractivity contribution is 6.04. The van der Waals surface area contributed by atoms with Crippen LogP contribution in [-0.2, 0) is 22.4 Å². The molecule has 1 atom stereocenters. The Morgan fingerprint density at radius 1 is 1.07 bits per heavy atom. The molecule has 0 saturated carbocycles. The predicted octanol–water partition coefficient (Wildman–Crippen LogP) is 4.20. The average molecular weight is 380 g/mol. The number of nitrogens with zero attached hydrogens (tertiary/aromatic N) is 1. The van der Waals surface area contributed by atoms with E-state index in [9.17, 15) is 9.59 Å². The zero-order chi connectivity index (χ0) is 20.1. The first-order valence-electron chi connectivity index (χ1n) is 10.0. The van der Waals surface area contributed by atoms with E-state index < -0.39 is 0 Å². The van der Waals surface area contributed by atoms with Crippen molar-refractivity contribution in [3.05, 3.63) is 53.6 Å². The fourth-order valence-electron chi connectivity index (χ4n) is 3.70. The number of amides is 2. The van der Waals surface area contributed by atoms with Gasteiger partial charge >= 0.3 is 0 Å². The maximum atomic E-state index is 13.0. The number of aryl methyl sites for hydroxylation is 2. The number of anilines is 2. The van der Waals surface area contributed by atoms with E-state index in [0.29, 0.717) is 18.9 Å². The maximum absolute atomic E-state index is 13.0. The van der Waals surface area contributed by atoms with Crippen LogP contribution in [0.2, 0.25) is 0 Å². The van der Waals surface area contributed by atoms with Crippen molar-refractivity contribution < 1.29 is 14.3 Å². The summed E-state index contributed by atoms with van der Waals surface area (Å²) < 4.78 is 5.66. The Morgan fingerprint density at radius 2 is 1.75 bits per heavy atom. The van der Waals surface area contributed by atoms with Gasteiger partial charge in [-0.05, 0) is 43.0 Å². The van der Waals surface area contributed by atoms with E-state index in [0.717, 1.165) is 35.3 Å². The first-order valence-corrected chi connectivity index (χ1v) is 10.0. The largest absolute Gasteiger partial charge is 0.492 e. The Hall–Kier alpha value is -2.82. The zero-order valence-electron chi connectivity index (χ0n) is 16.8. The van der Waals surface area contributed by atoms with Crippen LogP contribution in [0.5, 0.6) is 5.75 Å². The zero-order valence-corrected chi connectivity index (χ0v) is 16.8. The molecule has 0 spiro atoms. The number of hydrogen-bond donors (Lipinski definition) is 1. The van der Waals surface area contributed by atoms with Gasteiger partial charge in [-0.3, -0.25) is 9.59 Å². The highest BCUT2D eigenvalue weighted by Gasteiger charge is 2.36. The quantitative estimate of drug-likeness (QED) is 0.783. The Morgan fingerprint density at radius 3 is 2.39 bits per heavy atom. The van der Waals surface area contributed by atoms with Gasteiger partial charge in [-0.1, -0.05) is 44.2 Å². The van der Waals surface area contributed by atoms with E-state index >= 15 is 0 Å². The molecular formula is C23H28N2O3. The number of carbonyl (C=O) groups is 2. The SMILES string of the molecule is CCOc1ccccc1N1CC(C(=O)Nc2c(CC)cccc2CC)CC1=O. The first kappa shape index (κ1) is 19.9. The van der Waals surface area contributed by atoms with E-state index in [1.807, 2.05) is 49.4 Å². The summed E-state index contributed by atoms with van der Waals surface area (Å²) in [6.07, 6.45) is 1.91. The minimum atomic E-state index is -0.378. The van der Waals surface area contributed by atoms with Crippen molar-refractivity contribution in [3.63, 3.8) is 0 Å². The van der Waals surface area contributed by atoms with Crippen LogP contribution in [0, 0.1) is 5.92 Å². The number of rotatable bonds is 7. The van der Waals surface area contributed by atoms with Crippen LogP contribution < -0.4 is 15.0 Å². The van der Waals surface area contributed by atoms with E-state index in [2.05, 4.69) is 19.2 Å². The van der Waals surface area contributed by atoms with E-state index in [-0.39, 0.29) is 24.2 Å². The van der Waals surface area contributed by atoms with Gasteiger partial charge in [0, 0.05) is 18.7 Å². The predicted molar refractivity (Wildman–Crippen MR) is 112 cm³/mol. The number of carbonyl (C=O) groups excluding carboxylic acids is 2. The molecule has 1 aliphatic heterocycles. The third kappa shape index (κ3) is 4.03. The standard InChI is InChI=1S/C23H28N2O3/c1-4-16-10-9-11-17(5-2)22(16)24-23(27)18-14-21(26)25(15-18)19-12-7-8-13-20(19)28-6-3/h7-13,18H,4-6,14-15H2,1-3H3,(H,24,27). The summed E-state index contributed by atoms with van der Waals surface area (Å²) in [5, 5.41) is 3.11. The maximum Gasteiger partial charge on any atom is 0.229 e. The molecule has 2 aromatic carbocycles. The summed E-state index contributed by atoms with van der Waals surface area (Å²) >= 11 is 0. The Kier molecular flexibility index (Phi) is 6.34. The van der Waals surface area contributed by atoms with Gasteiger partial charge in [0.05, 0.1) is 18.2 Å². The Labute approximate surface area is 166 Å². The molecule has 1 heterocycles. The highest BCUT2D eigenvalue weighted by Crippen LogP contribution is 2.34. The lowest BCUT2D eigenvalue weighted by atomic mass is 10.0. The molecule has 1 unspecified atom stereocenters. The van der Waals surface area contributed by atoms with Crippen LogP contribution in [-0.4, -0.2) is 25.0 Å². The van der Waals surface area contributed by atoms with Crippen LogP contribution in [0.25, 0.3) is 0 Å². The molecule has 148 valence electrons. The number of benzene rings is 2. The molecule has 0 aromatic heterocycles. The van der Waals surface area contributed by atoms with Gasteiger partial charge < -0.3 is 15.0 Å². The van der Waals surface area contributed by atoms with Gasteiger partial charge in [0.2, 0.25) is 11.8 Å². The minimum absolute atomic E-state index is 0.0493. The van der Waals surface area contributed by atoms with Crippen LogP contribution >= 0.6 is 0 Å². The van der Waals surface area contributed by atoms with Gasteiger partial charge in [0.25, 0.3) is 0 Å². The second-order valence-corrected chi connectivity index (χ2v) is 6.95. The van der Waals surface area contributed by atoms with E-state index in [1.54, 1.807) is 4.90 Å². The lowest BCUT2D eigenvalue weighted by molar-refractivity contribution is -0.122. The molecule has 2 amide bonds. The minimum Gasteiger partial charge on any atom is -0.492 e. The molecule has 1 saturated heterocycles. The van der Waals surface area contributed by atoms with Gasteiger partial charge in [-0.25, -0.2) is 0 Å². The molecule has 1 aliphatic rings. The van der Waals surface area contributed by atoms with Crippen molar-refractivity contribution in [2.75, 3.05) is 23.4 Å². The molecule has 1 fully saturated rings. The van der Waals surface area contributed by atoms with Gasteiger partial charge in [-0.2, -0.15) is 0 Å². The van der Waals surface area contributed by atoms with Crippen LogP contribution in [0.1, 0.15) is 38.3 Å². The van der Waals surface area contributed by atoms with Crippen LogP contribution in [0.4, 0.5) is 11.4 Å². The molecule has 0 radical (unpaired) electrons. The van der Waals surface area contributed by atoms with Crippen molar-refractivity contribution in [2.45, 2.75) is 40.0 Å². The molecule has 0 bridgehead atoms. The summed E-state index contributed by atoms with van der Waals surface area (Å²) in [6, 6.07) is 13.6. The number of para-hydroxylation sites is 3. The van der Waals surface area contributed by atoms with Gasteiger partial charge in [-0.15, -0.1) is 0 Å². The highest BCUT2D eigenvalue weighted by atomic mass is 16.5. The second kappa shape index (κ2) is 8.91. The molecule has 5 nitrogen and oxygen atoms in total. The van der Waals surface area contributed by atoms with Gasteiger partial charge in [0.15, 0.2) is 0 Å². The lowest BCUT2D eigenvalue weighted by Crippen LogP contribution is -2.29. The first-order chi connectivity index (χ1) is 13.6. The fraction of sp³-hybridized carbons (Fsp3) is 0.391. The third-order valence-electron chi connectivity index (χ3n) is 5.20. The monoisotopic (exact) mass is 380 g/mol. The Bertz CT molecular complexity index is 840. The molecular weight excluding hydrogens is 352 g/mol. The average Bonchev–Trinajstić information content (AvgIpc) is 3.10. The molecule has 28 heavy (non-hydrogen) atoms. The summed E-state index contributed by atoms with van der Waals surface area (Å²) in [5.41, 5.74) is 3.87. The van der Waals surface area contributed by atoms with Crippen molar-refractivity contribution in [2.24, 2.45) is 5.92 Å². The molecule has 2 aromatic rings. The topological polar surface area (TPSA) is 58.6 Å². The Balaban J connectivity index is 1.79. The third-order valence-corrected chi connectivity index (χ3v) is 5.20. The number of ether oxygens (including phenoxy) is 1. The fourth-order valence-corrected chi connectivity index (χ4v) is 3.70. The molecule has 3 rings (SSSR count). The van der Waals surface area contributed by atoms with E-state index in [1.165, 1.54) is 0 Å². The molecule has 5 heteroatoms. The summed E-state index contributed by atoms with van der Waals surface area (Å²) in [6.45, 7) is 6.96. The van der Waals surface area contributed by atoms with Crippen molar-refractivity contribution >= 4 is 23.2 Å². The van der Waals surface area contributed by atoms with Crippen molar-refractivity contribution in [3.8, 4) is 5.75 Å². The lowest BCUT2D eigenvalue weighted by Gasteiger charge is -2.20. The second-order valence-electron chi connectivity index (χ2n) is 6.95. The van der Waals surface area contributed by atoms with Crippen molar-refractivity contribution in [1.29, 1.82) is 0 Å². The van der Waals surface area contributed by atoms with Crippen LogP contribution in [0.15, 0.2) is 42.5 Å². The molecule has 1 N–H and O–H groups in total. The van der Waals surface area contributed by atoms with Crippen LogP contribution in [0.3, 0.4) is 0 Å². The number of nitrogens with one attached hydrogen (secondary N) is 1. The summed E-state index contributed by atoms with van der Waals surface area (Å²) in [5.74, 6) is 0.146. The van der Waals surface area contributed by atoms with E-state index in [4.69, 9.17) is 4.74 Å².